The van der Waals surface area contributed by atoms with Gasteiger partial charge in [-0.15, -0.1) is 0 Å². The number of piperidine rings is 1. The van der Waals surface area contributed by atoms with Crippen LogP contribution < -0.4 is 4.74 Å². The van der Waals surface area contributed by atoms with Gasteiger partial charge >= 0.3 is 0 Å². The average Bonchev–Trinajstić information content (AvgIpc) is 3.00. The van der Waals surface area contributed by atoms with E-state index in [1.165, 1.54) is 6.07 Å². The van der Waals surface area contributed by atoms with Crippen LogP contribution in [0.15, 0.2) is 36.7 Å². The zero-order valence-corrected chi connectivity index (χ0v) is 11.9. The minimum atomic E-state index is -0.496. The molecule has 0 amide bonds. The van der Waals surface area contributed by atoms with Crippen LogP contribution in [0.5, 0.6) is 5.88 Å². The number of hydrogen-bond donors (Lipinski definition) is 0. The molecule has 112 valence electrons. The normalized spacial score (nSPS) is 17.0. The molecule has 0 spiro atoms. The van der Waals surface area contributed by atoms with Crippen molar-refractivity contribution in [2.24, 2.45) is 0 Å². The van der Waals surface area contributed by atoms with Crippen LogP contribution in [0.3, 0.4) is 0 Å². The molecule has 1 fully saturated rings. The lowest BCUT2D eigenvalue weighted by molar-refractivity contribution is 0.0937. The van der Waals surface area contributed by atoms with Gasteiger partial charge in [0.15, 0.2) is 0 Å². The monoisotopic (exact) mass is 290 g/mol. The molecule has 0 bridgehead atoms. The quantitative estimate of drug-likeness (QED) is 0.790. The molecule has 0 saturated carbocycles. The highest BCUT2D eigenvalue weighted by Gasteiger charge is 2.20. The van der Waals surface area contributed by atoms with E-state index in [-0.39, 0.29) is 6.10 Å². The fraction of sp³-hybridized carbons (Fsp3) is 0.467. The van der Waals surface area contributed by atoms with Crippen molar-refractivity contribution >= 4 is 0 Å². The molecule has 3 rings (SSSR count). The average molecular weight is 290 g/mol. The molecule has 6 heteroatoms. The molecular weight excluding hydrogens is 271 g/mol. The van der Waals surface area contributed by atoms with Gasteiger partial charge in [0.2, 0.25) is 11.8 Å². The van der Waals surface area contributed by atoms with Crippen molar-refractivity contribution in [2.45, 2.75) is 25.5 Å². The van der Waals surface area contributed by atoms with Crippen LogP contribution in [0.25, 0.3) is 0 Å². The first-order valence-electron chi connectivity index (χ1n) is 7.28. The minimum Gasteiger partial charge on any atom is -0.474 e. The number of rotatable bonds is 5. The van der Waals surface area contributed by atoms with Crippen molar-refractivity contribution in [1.82, 2.24) is 19.7 Å². The van der Waals surface area contributed by atoms with E-state index in [9.17, 15) is 4.39 Å². The van der Waals surface area contributed by atoms with E-state index in [4.69, 9.17) is 4.74 Å². The standard InChI is InChI=1S/C15H19FN4O/c16-14-3-1-4-15(18-14)21-13-5-9-19(10-6-13)11-12-20-8-2-7-17-20/h1-4,7-8,13H,5-6,9-12H2. The van der Waals surface area contributed by atoms with Crippen LogP contribution in [0.4, 0.5) is 4.39 Å². The summed E-state index contributed by atoms with van der Waals surface area (Å²) in [6, 6.07) is 6.58. The Labute approximate surface area is 123 Å². The minimum absolute atomic E-state index is 0.125. The lowest BCUT2D eigenvalue weighted by Gasteiger charge is -2.31. The van der Waals surface area contributed by atoms with Crippen molar-refractivity contribution in [2.75, 3.05) is 19.6 Å². The Balaban J connectivity index is 1.42. The topological polar surface area (TPSA) is 43.2 Å². The van der Waals surface area contributed by atoms with Gasteiger partial charge in [0, 0.05) is 38.1 Å². The number of likely N-dealkylation sites (tertiary alicyclic amines) is 1. The van der Waals surface area contributed by atoms with Crippen LogP contribution >= 0.6 is 0 Å². The fourth-order valence-electron chi connectivity index (χ4n) is 2.55. The summed E-state index contributed by atoms with van der Waals surface area (Å²) in [6.45, 7) is 3.87. The third-order valence-corrected chi connectivity index (χ3v) is 3.72. The van der Waals surface area contributed by atoms with Crippen molar-refractivity contribution in [1.29, 1.82) is 0 Å². The molecular formula is C15H19FN4O. The first-order valence-corrected chi connectivity index (χ1v) is 7.28. The van der Waals surface area contributed by atoms with Gasteiger partial charge in [0.25, 0.3) is 0 Å². The number of halogens is 1. The van der Waals surface area contributed by atoms with E-state index in [0.717, 1.165) is 39.0 Å². The molecule has 1 aliphatic rings. The van der Waals surface area contributed by atoms with E-state index in [2.05, 4.69) is 15.0 Å². The second kappa shape index (κ2) is 6.67. The van der Waals surface area contributed by atoms with Crippen LogP contribution in [-0.4, -0.2) is 45.4 Å². The number of ether oxygens (including phenoxy) is 1. The summed E-state index contributed by atoms with van der Waals surface area (Å²) in [7, 11) is 0. The molecule has 1 aliphatic heterocycles. The molecule has 0 N–H and O–H groups in total. The largest absolute Gasteiger partial charge is 0.474 e. The predicted molar refractivity (Wildman–Crippen MR) is 76.5 cm³/mol. The SMILES string of the molecule is Fc1cccc(OC2CCN(CCn3cccn3)CC2)n1. The predicted octanol–water partition coefficient (Wildman–Crippen LogP) is 1.96. The Hall–Kier alpha value is -1.95. The van der Waals surface area contributed by atoms with Gasteiger partial charge in [-0.05, 0) is 25.0 Å². The highest BCUT2D eigenvalue weighted by atomic mass is 19.1. The summed E-state index contributed by atoms with van der Waals surface area (Å²) >= 11 is 0. The Morgan fingerprint density at radius 1 is 1.19 bits per heavy atom. The van der Waals surface area contributed by atoms with Crippen molar-refractivity contribution in [3.8, 4) is 5.88 Å². The van der Waals surface area contributed by atoms with E-state index in [1.807, 2.05) is 16.9 Å². The summed E-state index contributed by atoms with van der Waals surface area (Å²) in [5, 5.41) is 4.20. The third-order valence-electron chi connectivity index (χ3n) is 3.72. The molecule has 0 radical (unpaired) electrons. The van der Waals surface area contributed by atoms with Crippen molar-refractivity contribution in [3.05, 3.63) is 42.6 Å². The molecule has 0 unspecified atom stereocenters. The molecule has 5 nitrogen and oxygen atoms in total. The first kappa shape index (κ1) is 14.0. The summed E-state index contributed by atoms with van der Waals surface area (Å²) in [4.78, 5) is 6.15. The number of aromatic nitrogens is 3. The molecule has 0 aliphatic carbocycles. The molecule has 2 aromatic heterocycles. The van der Waals surface area contributed by atoms with Gasteiger partial charge in [0.05, 0.1) is 6.54 Å². The summed E-state index contributed by atoms with van der Waals surface area (Å²) in [6.07, 6.45) is 5.78. The Morgan fingerprint density at radius 3 is 2.76 bits per heavy atom. The van der Waals surface area contributed by atoms with Crippen LogP contribution in [-0.2, 0) is 6.54 Å². The van der Waals surface area contributed by atoms with Crippen molar-refractivity contribution in [3.63, 3.8) is 0 Å². The van der Waals surface area contributed by atoms with Crippen LogP contribution in [0.2, 0.25) is 0 Å². The van der Waals surface area contributed by atoms with Gasteiger partial charge in [-0.25, -0.2) is 0 Å². The van der Waals surface area contributed by atoms with Gasteiger partial charge in [0.1, 0.15) is 6.10 Å². The zero-order chi connectivity index (χ0) is 14.5. The zero-order valence-electron chi connectivity index (χ0n) is 11.9. The van der Waals surface area contributed by atoms with Gasteiger partial charge in [-0.2, -0.15) is 14.5 Å². The Morgan fingerprint density at radius 2 is 2.05 bits per heavy atom. The summed E-state index contributed by atoms with van der Waals surface area (Å²) in [5.41, 5.74) is 0. The third kappa shape index (κ3) is 4.01. The highest BCUT2D eigenvalue weighted by molar-refractivity contribution is 5.10. The fourth-order valence-corrected chi connectivity index (χ4v) is 2.55. The van der Waals surface area contributed by atoms with E-state index in [1.54, 1.807) is 18.3 Å². The second-order valence-electron chi connectivity index (χ2n) is 5.23. The van der Waals surface area contributed by atoms with Crippen molar-refractivity contribution < 1.29 is 9.13 Å². The highest BCUT2D eigenvalue weighted by Crippen LogP contribution is 2.17. The van der Waals surface area contributed by atoms with Crippen LogP contribution in [0, 0.1) is 5.95 Å². The number of pyridine rings is 1. The summed E-state index contributed by atoms with van der Waals surface area (Å²) in [5.74, 6) is -0.117. The molecule has 3 heterocycles. The van der Waals surface area contributed by atoms with Gasteiger partial charge < -0.3 is 9.64 Å². The van der Waals surface area contributed by atoms with Crippen LogP contribution in [0.1, 0.15) is 12.8 Å². The number of nitrogens with zero attached hydrogens (tertiary/aromatic N) is 4. The lowest BCUT2D eigenvalue weighted by Crippen LogP contribution is -2.39. The molecule has 2 aromatic rings. The van der Waals surface area contributed by atoms with E-state index < -0.39 is 5.95 Å². The molecule has 0 atom stereocenters. The maximum Gasteiger partial charge on any atom is 0.216 e. The van der Waals surface area contributed by atoms with E-state index in [0.29, 0.717) is 5.88 Å². The van der Waals surface area contributed by atoms with Gasteiger partial charge in [-0.3, -0.25) is 4.68 Å². The molecule has 0 aromatic carbocycles. The summed E-state index contributed by atoms with van der Waals surface area (Å²) < 4.78 is 20.7. The maximum atomic E-state index is 13.0. The second-order valence-corrected chi connectivity index (χ2v) is 5.23. The van der Waals surface area contributed by atoms with Gasteiger partial charge in [-0.1, -0.05) is 6.07 Å². The number of hydrogen-bond acceptors (Lipinski definition) is 4. The Kier molecular flexibility index (Phi) is 4.45. The maximum absolute atomic E-state index is 13.0. The van der Waals surface area contributed by atoms with E-state index >= 15 is 0 Å². The smallest absolute Gasteiger partial charge is 0.216 e. The lowest BCUT2D eigenvalue weighted by atomic mass is 10.1. The molecule has 1 saturated heterocycles. The first-order chi connectivity index (χ1) is 10.3. The molecule has 21 heavy (non-hydrogen) atoms. The Bertz CT molecular complexity index is 553.